The molecule has 1 aromatic heterocycles. The number of nitrogens with two attached hydrogens (primary N) is 1. The van der Waals surface area contributed by atoms with Crippen LogP contribution >= 0.6 is 11.6 Å². The Bertz CT molecular complexity index is 1080. The van der Waals surface area contributed by atoms with E-state index in [4.69, 9.17) is 32.0 Å². The van der Waals surface area contributed by atoms with Gasteiger partial charge >= 0.3 is 0 Å². The number of guanidine groups is 1. The number of amides is 1. The van der Waals surface area contributed by atoms with E-state index in [2.05, 4.69) is 26.9 Å². The summed E-state index contributed by atoms with van der Waals surface area (Å²) in [5, 5.41) is 7.48. The molecule has 1 aliphatic carbocycles. The Morgan fingerprint density at radius 2 is 1.91 bits per heavy atom. The summed E-state index contributed by atoms with van der Waals surface area (Å²) in [7, 11) is 0. The lowest BCUT2D eigenvalue weighted by molar-refractivity contribution is -0.122. The maximum absolute atomic E-state index is 11.7. The summed E-state index contributed by atoms with van der Waals surface area (Å²) >= 11 is 6.51. The Hall–Kier alpha value is -2.91. The number of hydrogen-bond donors (Lipinski definition) is 3. The Morgan fingerprint density at radius 3 is 2.54 bits per heavy atom. The van der Waals surface area contributed by atoms with Gasteiger partial charge in [-0.3, -0.25) is 9.36 Å². The predicted octanol–water partition coefficient (Wildman–Crippen LogP) is 4.76. The molecule has 1 saturated heterocycles. The van der Waals surface area contributed by atoms with E-state index < -0.39 is 0 Å². The fourth-order valence-corrected chi connectivity index (χ4v) is 5.14. The van der Waals surface area contributed by atoms with Crippen LogP contribution in [-0.2, 0) is 9.53 Å². The first-order chi connectivity index (χ1) is 16.9. The maximum Gasteiger partial charge on any atom is 0.223 e. The van der Waals surface area contributed by atoms with Crippen LogP contribution in [-0.4, -0.2) is 47.4 Å². The zero-order valence-electron chi connectivity index (χ0n) is 20.4. The highest BCUT2D eigenvalue weighted by atomic mass is 35.5. The molecule has 1 aromatic carbocycles. The van der Waals surface area contributed by atoms with Gasteiger partial charge in [-0.1, -0.05) is 23.7 Å². The monoisotopic (exact) mass is 499 g/mol. The van der Waals surface area contributed by atoms with Crippen molar-refractivity contribution < 1.29 is 9.53 Å². The number of anilines is 3. The van der Waals surface area contributed by atoms with E-state index in [1.807, 2.05) is 32.0 Å². The molecule has 0 bridgehead atoms. The first kappa shape index (κ1) is 25.2. The van der Waals surface area contributed by atoms with E-state index in [0.29, 0.717) is 30.1 Å². The zero-order valence-corrected chi connectivity index (χ0v) is 21.1. The molecule has 1 aliphatic heterocycles. The van der Waals surface area contributed by atoms with Gasteiger partial charge < -0.3 is 21.1 Å². The maximum atomic E-state index is 11.7. The third kappa shape index (κ3) is 5.85. The van der Waals surface area contributed by atoms with Crippen LogP contribution in [0.4, 0.5) is 17.5 Å². The summed E-state index contributed by atoms with van der Waals surface area (Å²) in [4.78, 5) is 25.6. The number of carbonyl (C=O) groups is 1. The number of hydrogen-bond acceptors (Lipinski definition) is 5. The molecule has 10 heteroatoms. The van der Waals surface area contributed by atoms with Gasteiger partial charge in [-0.25, -0.2) is 15.0 Å². The summed E-state index contributed by atoms with van der Waals surface area (Å²) in [6.07, 6.45) is 4.81. The number of aryl methyl sites for hydroxylation is 2. The number of halogens is 1. The lowest BCUT2D eigenvalue weighted by atomic mass is 9.85. The van der Waals surface area contributed by atoms with Gasteiger partial charge in [0.15, 0.2) is 0 Å². The van der Waals surface area contributed by atoms with Crippen molar-refractivity contribution in [3.05, 3.63) is 34.5 Å². The minimum absolute atomic E-state index is 0.0880. The summed E-state index contributed by atoms with van der Waals surface area (Å²) in [5.41, 5.74) is 8.22. The van der Waals surface area contributed by atoms with Crippen LogP contribution in [0.3, 0.4) is 0 Å². The Morgan fingerprint density at radius 1 is 1.20 bits per heavy atom. The number of aliphatic imine (C=N–C) groups is 2. The zero-order chi connectivity index (χ0) is 24.9. The standard InChI is InChI=1S/C25H34ClN7O2/c1-15-5-4-6-20(26)21(15)31-25-29-16(2)23(32-24(28-3)30-18-11-13-35-14-12-18)33(25)19-9-7-17(8-10-19)22(27)34/h4-6,17-19H,3,7-14H2,1-2H3,(H2,27,34)(H,29,31)(H,30,32). The number of imidazole rings is 1. The van der Waals surface area contributed by atoms with E-state index in [1.54, 1.807) is 0 Å². The number of para-hydroxylation sites is 1. The van der Waals surface area contributed by atoms with Gasteiger partial charge in [0.2, 0.25) is 17.8 Å². The Balaban J connectivity index is 1.69. The number of aromatic nitrogens is 2. The third-order valence-corrected chi connectivity index (χ3v) is 7.20. The van der Waals surface area contributed by atoms with Gasteiger partial charge in [0.25, 0.3) is 0 Å². The predicted molar refractivity (Wildman–Crippen MR) is 141 cm³/mol. The molecule has 0 spiro atoms. The van der Waals surface area contributed by atoms with Gasteiger partial charge in [-0.15, -0.1) is 0 Å². The van der Waals surface area contributed by atoms with Crippen molar-refractivity contribution in [3.8, 4) is 0 Å². The van der Waals surface area contributed by atoms with Gasteiger partial charge in [0.05, 0.1) is 22.4 Å². The molecule has 35 heavy (non-hydrogen) atoms. The van der Waals surface area contributed by atoms with Crippen LogP contribution in [0.15, 0.2) is 28.2 Å². The summed E-state index contributed by atoms with van der Waals surface area (Å²) in [5.74, 6) is 1.63. The number of ether oxygens (including phenoxy) is 1. The molecule has 1 amide bonds. The molecule has 2 fully saturated rings. The number of primary amides is 1. The molecular formula is C25H34ClN7O2. The van der Waals surface area contributed by atoms with Gasteiger partial charge in [0.1, 0.15) is 5.82 Å². The molecule has 4 rings (SSSR count). The van der Waals surface area contributed by atoms with Crippen LogP contribution in [0, 0.1) is 19.8 Å². The second kappa shape index (κ2) is 11.2. The number of carbonyl (C=O) groups excluding carboxylic acids is 1. The second-order valence-electron chi connectivity index (χ2n) is 9.28. The lowest BCUT2D eigenvalue weighted by Gasteiger charge is -2.30. The number of nitrogens with zero attached hydrogens (tertiary/aromatic N) is 4. The molecule has 0 unspecified atom stereocenters. The molecule has 188 valence electrons. The van der Waals surface area contributed by atoms with Crippen LogP contribution in [0.2, 0.25) is 5.02 Å². The quantitative estimate of drug-likeness (QED) is 0.391. The molecule has 2 aliphatic rings. The molecule has 2 aromatic rings. The van der Waals surface area contributed by atoms with E-state index in [1.165, 1.54) is 0 Å². The topological polar surface area (TPSA) is 119 Å². The molecule has 0 atom stereocenters. The van der Waals surface area contributed by atoms with Crippen LogP contribution in [0.25, 0.3) is 0 Å². The molecule has 4 N–H and O–H groups in total. The van der Waals surface area contributed by atoms with Crippen molar-refractivity contribution in [2.45, 2.75) is 64.5 Å². The molecule has 1 saturated carbocycles. The number of nitrogens with one attached hydrogen (secondary N) is 2. The summed E-state index contributed by atoms with van der Waals surface area (Å²) in [6.45, 7) is 9.09. The number of rotatable bonds is 6. The first-order valence-corrected chi connectivity index (χ1v) is 12.5. The molecule has 2 heterocycles. The molecular weight excluding hydrogens is 466 g/mol. The van der Waals surface area contributed by atoms with E-state index in [0.717, 1.165) is 61.3 Å². The SMILES string of the molecule is C=NC(=NC1CCOCC1)Nc1c(C)nc(Nc2c(C)cccc2Cl)n1C1CCC(C(N)=O)CC1. The van der Waals surface area contributed by atoms with Crippen LogP contribution in [0.1, 0.15) is 55.8 Å². The fourth-order valence-electron chi connectivity index (χ4n) is 4.87. The Labute approximate surface area is 211 Å². The minimum atomic E-state index is -0.226. The highest BCUT2D eigenvalue weighted by molar-refractivity contribution is 6.33. The third-order valence-electron chi connectivity index (χ3n) is 6.88. The van der Waals surface area contributed by atoms with Crippen molar-refractivity contribution in [2.75, 3.05) is 23.8 Å². The second-order valence-corrected chi connectivity index (χ2v) is 9.69. The van der Waals surface area contributed by atoms with E-state index in [-0.39, 0.29) is 23.9 Å². The van der Waals surface area contributed by atoms with Crippen molar-refractivity contribution in [3.63, 3.8) is 0 Å². The highest BCUT2D eigenvalue weighted by Crippen LogP contribution is 2.39. The van der Waals surface area contributed by atoms with Crippen LogP contribution in [0.5, 0.6) is 0 Å². The molecule has 9 nitrogen and oxygen atoms in total. The number of benzene rings is 1. The van der Waals surface area contributed by atoms with Gasteiger partial charge in [-0.05, 0) is 70.7 Å². The van der Waals surface area contributed by atoms with Crippen LogP contribution < -0.4 is 16.4 Å². The largest absolute Gasteiger partial charge is 0.381 e. The van der Waals surface area contributed by atoms with Crippen molar-refractivity contribution >= 4 is 47.6 Å². The van der Waals surface area contributed by atoms with E-state index >= 15 is 0 Å². The molecule has 0 radical (unpaired) electrons. The van der Waals surface area contributed by atoms with Crippen molar-refractivity contribution in [1.29, 1.82) is 0 Å². The van der Waals surface area contributed by atoms with Crippen molar-refractivity contribution in [2.24, 2.45) is 21.6 Å². The van der Waals surface area contributed by atoms with Crippen molar-refractivity contribution in [1.82, 2.24) is 9.55 Å². The summed E-state index contributed by atoms with van der Waals surface area (Å²) < 4.78 is 7.61. The van der Waals surface area contributed by atoms with E-state index in [9.17, 15) is 4.79 Å². The normalized spacial score (nSPS) is 21.5. The average Bonchev–Trinajstić information content (AvgIpc) is 3.16. The van der Waals surface area contributed by atoms with Gasteiger partial charge in [-0.2, -0.15) is 0 Å². The lowest BCUT2D eigenvalue weighted by Crippen LogP contribution is -2.29. The highest BCUT2D eigenvalue weighted by Gasteiger charge is 2.30. The fraction of sp³-hybridized carbons (Fsp3) is 0.520. The first-order valence-electron chi connectivity index (χ1n) is 12.2. The summed E-state index contributed by atoms with van der Waals surface area (Å²) in [6, 6.07) is 6.05. The smallest absolute Gasteiger partial charge is 0.223 e. The van der Waals surface area contributed by atoms with Gasteiger partial charge in [0, 0.05) is 25.2 Å². The Kier molecular flexibility index (Phi) is 8.07. The average molecular weight is 500 g/mol. The minimum Gasteiger partial charge on any atom is -0.381 e.